The van der Waals surface area contributed by atoms with Gasteiger partial charge in [-0.15, -0.1) is 0 Å². The van der Waals surface area contributed by atoms with E-state index < -0.39 is 22.3 Å². The highest BCUT2D eigenvalue weighted by atomic mass is 16.6. The van der Waals surface area contributed by atoms with E-state index >= 15 is 0 Å². The smallest absolute Gasteiger partial charge is 0.342 e. The molecule has 0 bridgehead atoms. The fourth-order valence-corrected chi connectivity index (χ4v) is 2.04. The summed E-state index contributed by atoms with van der Waals surface area (Å²) in [7, 11) is 0. The molecule has 0 unspecified atom stereocenters. The molecule has 0 aliphatic rings. The van der Waals surface area contributed by atoms with E-state index in [2.05, 4.69) is 0 Å². The van der Waals surface area contributed by atoms with Gasteiger partial charge in [0.05, 0.1) is 16.9 Å². The third-order valence-corrected chi connectivity index (χ3v) is 3.13. The van der Waals surface area contributed by atoms with Gasteiger partial charge in [-0.1, -0.05) is 31.5 Å². The molecule has 0 saturated heterocycles. The maximum Gasteiger partial charge on any atom is 0.342 e. The van der Waals surface area contributed by atoms with Gasteiger partial charge in [0.15, 0.2) is 0 Å². The number of phenols is 1. The fraction of sp³-hybridized carbons (Fsp3) is 0.267. The Morgan fingerprint density at radius 1 is 1.38 bits per heavy atom. The number of rotatable bonds is 5. The van der Waals surface area contributed by atoms with Gasteiger partial charge < -0.3 is 9.84 Å². The summed E-state index contributed by atoms with van der Waals surface area (Å²) < 4.78 is 5.01. The van der Waals surface area contributed by atoms with Crippen molar-refractivity contribution in [2.45, 2.75) is 19.8 Å². The van der Waals surface area contributed by atoms with Gasteiger partial charge >= 0.3 is 11.7 Å². The average molecular weight is 289 g/mol. The second-order valence-corrected chi connectivity index (χ2v) is 4.59. The maximum absolute atomic E-state index is 12.0. The molecule has 6 nitrogen and oxygen atoms in total. The van der Waals surface area contributed by atoms with Gasteiger partial charge in [-0.3, -0.25) is 10.1 Å². The predicted molar refractivity (Wildman–Crippen MR) is 77.5 cm³/mol. The van der Waals surface area contributed by atoms with Crippen LogP contribution in [0.25, 0.3) is 10.8 Å². The number of aromatic hydroxyl groups is 1. The van der Waals surface area contributed by atoms with Crippen LogP contribution in [0, 0.1) is 10.1 Å². The van der Waals surface area contributed by atoms with Crippen molar-refractivity contribution in [3.8, 4) is 5.75 Å². The molecule has 0 saturated carbocycles. The Morgan fingerprint density at radius 3 is 2.76 bits per heavy atom. The molecule has 2 rings (SSSR count). The minimum atomic E-state index is -0.755. The molecule has 6 heteroatoms. The number of hydrogen-bond donors (Lipinski definition) is 1. The summed E-state index contributed by atoms with van der Waals surface area (Å²) in [5.41, 5.74) is -0.660. The monoisotopic (exact) mass is 289 g/mol. The van der Waals surface area contributed by atoms with E-state index in [9.17, 15) is 20.0 Å². The molecule has 0 amide bonds. The number of nitro benzene ring substituents is 1. The first-order valence-corrected chi connectivity index (χ1v) is 6.62. The molecule has 0 radical (unpaired) electrons. The van der Waals surface area contributed by atoms with E-state index in [4.69, 9.17) is 4.74 Å². The molecular weight excluding hydrogens is 274 g/mol. The predicted octanol–water partition coefficient (Wildman–Crippen LogP) is 3.41. The molecule has 1 N–H and O–H groups in total. The summed E-state index contributed by atoms with van der Waals surface area (Å²) in [5, 5.41) is 22.0. The number of nitro groups is 1. The van der Waals surface area contributed by atoms with Gasteiger partial charge in [0.25, 0.3) is 0 Å². The third kappa shape index (κ3) is 2.94. The fourth-order valence-electron chi connectivity index (χ4n) is 2.04. The summed E-state index contributed by atoms with van der Waals surface area (Å²) in [6.07, 6.45) is 1.55. The van der Waals surface area contributed by atoms with Crippen molar-refractivity contribution in [3.05, 3.63) is 46.0 Å². The summed E-state index contributed by atoms with van der Waals surface area (Å²) in [6, 6.07) is 7.92. The Hall–Kier alpha value is -2.63. The zero-order valence-corrected chi connectivity index (χ0v) is 11.5. The summed E-state index contributed by atoms with van der Waals surface area (Å²) in [5.74, 6) is -1.41. The van der Waals surface area contributed by atoms with Crippen molar-refractivity contribution in [2.24, 2.45) is 0 Å². The molecule has 0 spiro atoms. The van der Waals surface area contributed by atoms with Crippen molar-refractivity contribution in [1.29, 1.82) is 0 Å². The number of ether oxygens (including phenoxy) is 1. The standard InChI is InChI=1S/C15H15NO5/c1-2-3-8-21-15(18)12-9-10-6-4-5-7-11(10)13(14(12)17)16(19)20/h4-7,9,17H,2-3,8H2,1H3. The van der Waals surface area contributed by atoms with Crippen LogP contribution >= 0.6 is 0 Å². The van der Waals surface area contributed by atoms with Crippen molar-refractivity contribution in [3.63, 3.8) is 0 Å². The summed E-state index contributed by atoms with van der Waals surface area (Å²) >= 11 is 0. The van der Waals surface area contributed by atoms with E-state index in [1.807, 2.05) is 6.92 Å². The van der Waals surface area contributed by atoms with Crippen LogP contribution in [0.4, 0.5) is 5.69 Å². The SMILES string of the molecule is CCCCOC(=O)c1cc2ccccc2c([N+](=O)[O-])c1O. The average Bonchev–Trinajstić information content (AvgIpc) is 2.46. The number of nitrogens with zero attached hydrogens (tertiary/aromatic N) is 1. The molecule has 2 aromatic rings. The lowest BCUT2D eigenvalue weighted by Crippen LogP contribution is -2.08. The van der Waals surface area contributed by atoms with E-state index in [1.165, 1.54) is 12.1 Å². The Kier molecular flexibility index (Phi) is 4.37. The molecule has 21 heavy (non-hydrogen) atoms. The Bertz CT molecular complexity index is 696. The van der Waals surface area contributed by atoms with Crippen LogP contribution in [0.3, 0.4) is 0 Å². The maximum atomic E-state index is 12.0. The zero-order chi connectivity index (χ0) is 15.4. The van der Waals surface area contributed by atoms with Gasteiger partial charge in [-0.2, -0.15) is 0 Å². The van der Waals surface area contributed by atoms with Crippen molar-refractivity contribution < 1.29 is 19.6 Å². The van der Waals surface area contributed by atoms with Gasteiger partial charge in [0.1, 0.15) is 5.56 Å². The normalized spacial score (nSPS) is 10.5. The number of carbonyl (C=O) groups is 1. The first-order valence-electron chi connectivity index (χ1n) is 6.62. The Morgan fingerprint density at radius 2 is 2.10 bits per heavy atom. The quantitative estimate of drug-likeness (QED) is 0.394. The summed E-state index contributed by atoms with van der Waals surface area (Å²) in [6.45, 7) is 2.17. The van der Waals surface area contributed by atoms with E-state index in [0.29, 0.717) is 11.8 Å². The molecule has 110 valence electrons. The highest BCUT2D eigenvalue weighted by Crippen LogP contribution is 2.37. The summed E-state index contributed by atoms with van der Waals surface area (Å²) in [4.78, 5) is 22.4. The van der Waals surface area contributed by atoms with Crippen LogP contribution in [-0.4, -0.2) is 22.6 Å². The Balaban J connectivity index is 2.52. The van der Waals surface area contributed by atoms with Gasteiger partial charge in [0, 0.05) is 0 Å². The van der Waals surface area contributed by atoms with E-state index in [-0.39, 0.29) is 17.6 Å². The highest BCUT2D eigenvalue weighted by molar-refractivity contribution is 6.03. The Labute approximate surface area is 121 Å². The highest BCUT2D eigenvalue weighted by Gasteiger charge is 2.26. The van der Waals surface area contributed by atoms with Gasteiger partial charge in [-0.25, -0.2) is 4.79 Å². The molecule has 0 heterocycles. The lowest BCUT2D eigenvalue weighted by atomic mass is 10.0. The number of esters is 1. The van der Waals surface area contributed by atoms with Crippen LogP contribution in [0.15, 0.2) is 30.3 Å². The topological polar surface area (TPSA) is 89.7 Å². The van der Waals surface area contributed by atoms with Crippen molar-refractivity contribution in [2.75, 3.05) is 6.61 Å². The molecule has 0 aliphatic carbocycles. The minimum Gasteiger partial charge on any atom is -0.501 e. The molecule has 0 aromatic heterocycles. The second kappa shape index (κ2) is 6.21. The third-order valence-electron chi connectivity index (χ3n) is 3.13. The van der Waals surface area contributed by atoms with E-state index in [1.54, 1.807) is 18.2 Å². The van der Waals surface area contributed by atoms with Gasteiger partial charge in [0.2, 0.25) is 5.75 Å². The molecule has 2 aromatic carbocycles. The molecule has 0 fully saturated rings. The van der Waals surface area contributed by atoms with Crippen LogP contribution in [0.5, 0.6) is 5.75 Å². The number of hydrogen-bond acceptors (Lipinski definition) is 5. The second-order valence-electron chi connectivity index (χ2n) is 4.59. The van der Waals surface area contributed by atoms with Crippen LogP contribution in [0.2, 0.25) is 0 Å². The van der Waals surface area contributed by atoms with Crippen LogP contribution < -0.4 is 0 Å². The van der Waals surface area contributed by atoms with Crippen LogP contribution in [0.1, 0.15) is 30.1 Å². The first kappa shape index (κ1) is 14.8. The number of phenolic OH excluding ortho intramolecular Hbond substituents is 1. The van der Waals surface area contributed by atoms with Crippen molar-refractivity contribution in [1.82, 2.24) is 0 Å². The van der Waals surface area contributed by atoms with E-state index in [0.717, 1.165) is 6.42 Å². The van der Waals surface area contributed by atoms with Gasteiger partial charge in [-0.05, 0) is 23.9 Å². The van der Waals surface area contributed by atoms with Crippen LogP contribution in [-0.2, 0) is 4.74 Å². The molecule has 0 aliphatic heterocycles. The molecule has 0 atom stereocenters. The number of fused-ring (bicyclic) bond motifs is 1. The molecular formula is C15H15NO5. The lowest BCUT2D eigenvalue weighted by molar-refractivity contribution is -0.384. The number of benzene rings is 2. The largest absolute Gasteiger partial charge is 0.501 e. The zero-order valence-electron chi connectivity index (χ0n) is 11.5. The first-order chi connectivity index (χ1) is 10.1. The lowest BCUT2D eigenvalue weighted by Gasteiger charge is -2.08. The van der Waals surface area contributed by atoms with Crippen molar-refractivity contribution >= 4 is 22.4 Å². The minimum absolute atomic E-state index is 0.184. The number of unbranched alkanes of at least 4 members (excludes halogenated alkanes) is 1. The number of carbonyl (C=O) groups excluding carboxylic acids is 1.